The van der Waals surface area contributed by atoms with E-state index >= 15 is 0 Å². The minimum atomic E-state index is -0.682. The smallest absolute Gasteiger partial charge is 0.332 e. The summed E-state index contributed by atoms with van der Waals surface area (Å²) >= 11 is 5.83. The highest BCUT2D eigenvalue weighted by Crippen LogP contribution is 2.35. The van der Waals surface area contributed by atoms with Gasteiger partial charge >= 0.3 is 12.0 Å². The van der Waals surface area contributed by atoms with E-state index in [9.17, 15) is 14.4 Å². The maximum atomic E-state index is 12.6. The fourth-order valence-electron chi connectivity index (χ4n) is 2.98. The van der Waals surface area contributed by atoms with Crippen LogP contribution in [-0.2, 0) is 14.3 Å². The number of esters is 1. The van der Waals surface area contributed by atoms with Gasteiger partial charge in [-0.3, -0.25) is 9.69 Å². The lowest BCUT2D eigenvalue weighted by Gasteiger charge is -2.21. The summed E-state index contributed by atoms with van der Waals surface area (Å²) in [5, 5.41) is 0.521. The third-order valence-electron chi connectivity index (χ3n) is 3.95. The first-order valence-corrected chi connectivity index (χ1v) is 7.51. The van der Waals surface area contributed by atoms with E-state index in [1.807, 2.05) is 0 Å². The lowest BCUT2D eigenvalue weighted by molar-refractivity contribution is -0.147. The second-order valence-electron chi connectivity index (χ2n) is 5.20. The van der Waals surface area contributed by atoms with Gasteiger partial charge in [0.15, 0.2) is 0 Å². The molecular formula is C15H15ClN2O4. The summed E-state index contributed by atoms with van der Waals surface area (Å²) in [5.41, 5.74) is 0.455. The molecule has 1 aromatic rings. The molecule has 7 heteroatoms. The lowest BCUT2D eigenvalue weighted by atomic mass is 10.1. The standard InChI is InChI=1S/C15H15ClN2O4/c1-2-22-14(20)12-8-7-11-13(19)17(15(21)18(11)12)10-5-3-9(16)4-6-10/h3-6,11-12H,2,7-8H2,1H3/t11-,12-/m0/s1. The molecule has 3 amide bonds. The van der Waals surface area contributed by atoms with E-state index < -0.39 is 24.1 Å². The topological polar surface area (TPSA) is 66.9 Å². The maximum Gasteiger partial charge on any atom is 0.332 e. The van der Waals surface area contributed by atoms with Gasteiger partial charge in [-0.15, -0.1) is 0 Å². The van der Waals surface area contributed by atoms with Crippen LogP contribution in [0.3, 0.4) is 0 Å². The highest BCUT2D eigenvalue weighted by atomic mass is 35.5. The van der Waals surface area contributed by atoms with Crippen LogP contribution in [0.1, 0.15) is 19.8 Å². The predicted molar refractivity (Wildman–Crippen MR) is 79.6 cm³/mol. The van der Waals surface area contributed by atoms with Gasteiger partial charge in [0, 0.05) is 5.02 Å². The van der Waals surface area contributed by atoms with Gasteiger partial charge in [0.25, 0.3) is 5.91 Å². The average molecular weight is 323 g/mol. The molecule has 2 heterocycles. The van der Waals surface area contributed by atoms with Gasteiger partial charge in [-0.1, -0.05) is 11.6 Å². The van der Waals surface area contributed by atoms with E-state index in [2.05, 4.69) is 0 Å². The second-order valence-corrected chi connectivity index (χ2v) is 5.64. The Morgan fingerprint density at radius 3 is 2.59 bits per heavy atom. The summed E-state index contributed by atoms with van der Waals surface area (Å²) in [7, 11) is 0. The Morgan fingerprint density at radius 1 is 1.27 bits per heavy atom. The van der Waals surface area contributed by atoms with Gasteiger partial charge in [-0.05, 0) is 44.0 Å². The summed E-state index contributed by atoms with van der Waals surface area (Å²) in [4.78, 5) is 39.5. The molecule has 2 saturated heterocycles. The number of carbonyl (C=O) groups is 3. The first kappa shape index (κ1) is 14.8. The number of hydrogen-bond acceptors (Lipinski definition) is 4. The summed E-state index contributed by atoms with van der Waals surface area (Å²) in [6.07, 6.45) is 0.924. The second kappa shape index (κ2) is 5.61. The summed E-state index contributed by atoms with van der Waals surface area (Å²) in [6, 6.07) is 4.71. The molecule has 0 N–H and O–H groups in total. The number of fused-ring (bicyclic) bond motifs is 1. The highest BCUT2D eigenvalue weighted by Gasteiger charge is 2.54. The number of carbonyl (C=O) groups excluding carboxylic acids is 3. The summed E-state index contributed by atoms with van der Waals surface area (Å²) in [6.45, 7) is 1.96. The fourth-order valence-corrected chi connectivity index (χ4v) is 3.10. The van der Waals surface area contributed by atoms with Crippen molar-refractivity contribution in [1.29, 1.82) is 0 Å². The third-order valence-corrected chi connectivity index (χ3v) is 4.20. The van der Waals surface area contributed by atoms with E-state index in [-0.39, 0.29) is 12.5 Å². The molecule has 1 aromatic carbocycles. The number of imide groups is 1. The molecule has 2 aliphatic rings. The van der Waals surface area contributed by atoms with Crippen LogP contribution in [0, 0.1) is 0 Å². The SMILES string of the molecule is CCOC(=O)[C@@H]1CC[C@H]2C(=O)N(c3ccc(Cl)cc3)C(=O)N12. The number of amides is 3. The normalized spacial score (nSPS) is 23.9. The molecule has 2 fully saturated rings. The van der Waals surface area contributed by atoms with Gasteiger partial charge in [-0.2, -0.15) is 0 Å². The van der Waals surface area contributed by atoms with Crippen LogP contribution < -0.4 is 4.90 Å². The number of ether oxygens (including phenoxy) is 1. The van der Waals surface area contributed by atoms with Crippen molar-refractivity contribution in [3.05, 3.63) is 29.3 Å². The first-order chi connectivity index (χ1) is 10.5. The lowest BCUT2D eigenvalue weighted by Crippen LogP contribution is -2.43. The van der Waals surface area contributed by atoms with E-state index in [0.717, 1.165) is 4.90 Å². The van der Waals surface area contributed by atoms with Crippen LogP contribution in [0.4, 0.5) is 10.5 Å². The van der Waals surface area contributed by atoms with Crippen molar-refractivity contribution in [2.75, 3.05) is 11.5 Å². The van der Waals surface area contributed by atoms with Crippen LogP contribution in [0.2, 0.25) is 5.02 Å². The molecule has 0 radical (unpaired) electrons. The van der Waals surface area contributed by atoms with Gasteiger partial charge in [0.05, 0.1) is 12.3 Å². The average Bonchev–Trinajstić information content (AvgIpc) is 3.03. The molecule has 6 nitrogen and oxygen atoms in total. The van der Waals surface area contributed by atoms with E-state index in [1.165, 1.54) is 4.90 Å². The predicted octanol–water partition coefficient (Wildman–Crippen LogP) is 2.20. The molecule has 116 valence electrons. The zero-order valence-electron chi connectivity index (χ0n) is 12.0. The Morgan fingerprint density at radius 2 is 1.95 bits per heavy atom. The Labute approximate surface area is 132 Å². The van der Waals surface area contributed by atoms with Crippen molar-refractivity contribution in [1.82, 2.24) is 4.90 Å². The summed E-state index contributed by atoms with van der Waals surface area (Å²) < 4.78 is 4.99. The molecule has 0 bridgehead atoms. The van der Waals surface area contributed by atoms with Crippen molar-refractivity contribution in [3.63, 3.8) is 0 Å². The number of benzene rings is 1. The molecule has 0 spiro atoms. The Hall–Kier alpha value is -2.08. The molecule has 3 rings (SSSR count). The monoisotopic (exact) mass is 322 g/mol. The van der Waals surface area contributed by atoms with Gasteiger partial charge in [0.1, 0.15) is 12.1 Å². The fraction of sp³-hybridized carbons (Fsp3) is 0.400. The molecule has 0 saturated carbocycles. The van der Waals surface area contributed by atoms with Crippen LogP contribution in [0.15, 0.2) is 24.3 Å². The minimum absolute atomic E-state index is 0.247. The Balaban J connectivity index is 1.88. The number of hydrogen-bond donors (Lipinski definition) is 0. The van der Waals surface area contributed by atoms with Crippen LogP contribution >= 0.6 is 11.6 Å². The van der Waals surface area contributed by atoms with Crippen LogP contribution in [-0.4, -0.2) is 41.5 Å². The highest BCUT2D eigenvalue weighted by molar-refractivity contribution is 6.30. The van der Waals surface area contributed by atoms with Gasteiger partial charge in [-0.25, -0.2) is 14.5 Å². The number of urea groups is 1. The molecule has 0 aliphatic carbocycles. The number of anilines is 1. The molecule has 0 unspecified atom stereocenters. The number of nitrogens with zero attached hydrogens (tertiary/aromatic N) is 2. The van der Waals surface area contributed by atoms with Gasteiger partial charge in [0.2, 0.25) is 0 Å². The minimum Gasteiger partial charge on any atom is -0.464 e. The largest absolute Gasteiger partial charge is 0.464 e. The molecule has 2 atom stereocenters. The maximum absolute atomic E-state index is 12.6. The van der Waals surface area contributed by atoms with Crippen molar-refractivity contribution >= 4 is 35.2 Å². The van der Waals surface area contributed by atoms with E-state index in [1.54, 1.807) is 31.2 Å². The van der Waals surface area contributed by atoms with Crippen molar-refractivity contribution < 1.29 is 19.1 Å². The number of halogens is 1. The van der Waals surface area contributed by atoms with Crippen LogP contribution in [0.25, 0.3) is 0 Å². The quantitative estimate of drug-likeness (QED) is 0.632. The van der Waals surface area contributed by atoms with Crippen molar-refractivity contribution in [3.8, 4) is 0 Å². The first-order valence-electron chi connectivity index (χ1n) is 7.13. The van der Waals surface area contributed by atoms with Crippen molar-refractivity contribution in [2.24, 2.45) is 0 Å². The molecule has 0 aromatic heterocycles. The summed E-state index contributed by atoms with van der Waals surface area (Å²) in [5.74, 6) is -0.761. The Kier molecular flexibility index (Phi) is 3.78. The molecular weight excluding hydrogens is 308 g/mol. The molecule has 2 aliphatic heterocycles. The van der Waals surface area contributed by atoms with Gasteiger partial charge < -0.3 is 4.74 Å². The van der Waals surface area contributed by atoms with Crippen molar-refractivity contribution in [2.45, 2.75) is 31.8 Å². The van der Waals surface area contributed by atoms with E-state index in [4.69, 9.17) is 16.3 Å². The third kappa shape index (κ3) is 2.23. The Bertz CT molecular complexity index is 631. The van der Waals surface area contributed by atoms with Crippen LogP contribution in [0.5, 0.6) is 0 Å². The molecule has 22 heavy (non-hydrogen) atoms. The zero-order valence-corrected chi connectivity index (χ0v) is 12.7. The number of rotatable bonds is 3. The zero-order chi connectivity index (χ0) is 15.9. The van der Waals surface area contributed by atoms with E-state index in [0.29, 0.717) is 23.6 Å².